The first-order valence-corrected chi connectivity index (χ1v) is 13.3. The number of nitrogens with zero attached hydrogens (tertiary/aromatic N) is 2. The molecule has 2 aromatic carbocycles. The number of carbonyl (C=O) groups excluding carboxylic acids is 1. The molecular formula is C22H32N4O6S2. The monoisotopic (exact) mass is 512 g/mol. The van der Waals surface area contributed by atoms with Crippen molar-refractivity contribution in [3.8, 4) is 5.75 Å². The Morgan fingerprint density at radius 2 is 1.68 bits per heavy atom. The van der Waals surface area contributed by atoms with E-state index in [0.29, 0.717) is 11.3 Å². The van der Waals surface area contributed by atoms with Gasteiger partial charge in [-0.05, 0) is 63.1 Å². The van der Waals surface area contributed by atoms with Gasteiger partial charge in [0, 0.05) is 20.1 Å². The van der Waals surface area contributed by atoms with Gasteiger partial charge in [-0.15, -0.1) is 0 Å². The Hall–Kier alpha value is -2.67. The summed E-state index contributed by atoms with van der Waals surface area (Å²) < 4.78 is 61.0. The fourth-order valence-electron chi connectivity index (χ4n) is 3.13. The number of anilines is 2. The molecule has 0 unspecified atom stereocenters. The molecule has 2 rings (SSSR count). The van der Waals surface area contributed by atoms with Crippen molar-refractivity contribution in [1.29, 1.82) is 0 Å². The molecule has 0 heterocycles. The number of hydrogen-bond donors (Lipinski definition) is 2. The molecule has 188 valence electrons. The number of carbonyl (C=O) groups is 1. The second-order valence-electron chi connectivity index (χ2n) is 8.27. The highest BCUT2D eigenvalue weighted by molar-refractivity contribution is 7.90. The molecule has 0 fully saturated rings. The second-order valence-corrected chi connectivity index (χ2v) is 12.1. The van der Waals surface area contributed by atoms with Crippen molar-refractivity contribution in [1.82, 2.24) is 9.03 Å². The predicted octanol–water partition coefficient (Wildman–Crippen LogP) is 2.25. The van der Waals surface area contributed by atoms with Crippen molar-refractivity contribution in [2.45, 2.75) is 38.6 Å². The smallest absolute Gasteiger partial charge is 0.304 e. The van der Waals surface area contributed by atoms with E-state index >= 15 is 0 Å². The van der Waals surface area contributed by atoms with Crippen molar-refractivity contribution < 1.29 is 26.4 Å². The molecule has 0 atom stereocenters. The van der Waals surface area contributed by atoms with Crippen LogP contribution in [0.5, 0.6) is 5.75 Å². The molecule has 0 spiro atoms. The lowest BCUT2D eigenvalue weighted by Gasteiger charge is -2.28. The molecule has 12 heteroatoms. The molecule has 0 aliphatic rings. The number of sulfonamides is 1. The maximum absolute atomic E-state index is 13.1. The molecule has 0 aliphatic carbocycles. The van der Waals surface area contributed by atoms with E-state index in [1.54, 1.807) is 32.9 Å². The number of nitrogens with one attached hydrogen (secondary N) is 2. The normalized spacial score (nSPS) is 12.1. The number of hydrogen-bond acceptors (Lipinski definition) is 6. The number of rotatable bonds is 10. The minimum absolute atomic E-state index is 0.0652. The molecule has 0 aromatic heterocycles. The first-order valence-electron chi connectivity index (χ1n) is 10.5. The first kappa shape index (κ1) is 27.6. The average molecular weight is 513 g/mol. The van der Waals surface area contributed by atoms with Crippen LogP contribution in [-0.2, 0) is 25.0 Å². The highest BCUT2D eigenvalue weighted by Crippen LogP contribution is 2.29. The minimum atomic E-state index is -4.01. The maximum atomic E-state index is 13.1. The van der Waals surface area contributed by atoms with E-state index < -0.39 is 32.7 Å². The van der Waals surface area contributed by atoms with Gasteiger partial charge in [0.2, 0.25) is 15.9 Å². The molecular weight excluding hydrogens is 480 g/mol. The van der Waals surface area contributed by atoms with Gasteiger partial charge in [-0.25, -0.2) is 17.4 Å². The Balaban J connectivity index is 2.44. The van der Waals surface area contributed by atoms with E-state index in [2.05, 4.69) is 10.0 Å². The molecule has 10 nitrogen and oxygen atoms in total. The van der Waals surface area contributed by atoms with Gasteiger partial charge < -0.3 is 10.1 Å². The van der Waals surface area contributed by atoms with Crippen LogP contribution >= 0.6 is 0 Å². The quantitative estimate of drug-likeness (QED) is 0.503. The molecule has 2 aromatic rings. The third-order valence-corrected chi connectivity index (χ3v) is 8.27. The van der Waals surface area contributed by atoms with Gasteiger partial charge in [-0.1, -0.05) is 12.1 Å². The average Bonchev–Trinajstić information content (AvgIpc) is 2.72. The summed E-state index contributed by atoms with van der Waals surface area (Å²) in [5.74, 6) is -0.443. The number of amides is 1. The second kappa shape index (κ2) is 10.7. The lowest BCUT2D eigenvalue weighted by atomic mass is 10.1. The maximum Gasteiger partial charge on any atom is 0.304 e. The van der Waals surface area contributed by atoms with E-state index in [-0.39, 0.29) is 22.4 Å². The van der Waals surface area contributed by atoms with Gasteiger partial charge in [0.25, 0.3) is 0 Å². The van der Waals surface area contributed by atoms with Crippen LogP contribution in [0.4, 0.5) is 11.4 Å². The highest BCUT2D eigenvalue weighted by Gasteiger charge is 2.29. The van der Waals surface area contributed by atoms with Crippen LogP contribution in [0.3, 0.4) is 0 Å². The summed E-state index contributed by atoms with van der Waals surface area (Å²) in [7, 11) is -3.70. The summed E-state index contributed by atoms with van der Waals surface area (Å²) in [4.78, 5) is 12.9. The number of benzene rings is 2. The minimum Gasteiger partial charge on any atom is -0.495 e. The van der Waals surface area contributed by atoms with E-state index in [0.717, 1.165) is 14.2 Å². The zero-order chi connectivity index (χ0) is 25.8. The third-order valence-electron chi connectivity index (χ3n) is 4.81. The summed E-state index contributed by atoms with van der Waals surface area (Å²) in [6.07, 6.45) is 0. The number of ether oxygens (including phenoxy) is 1. The van der Waals surface area contributed by atoms with Gasteiger partial charge in [-0.2, -0.15) is 12.7 Å². The Morgan fingerprint density at radius 1 is 1.03 bits per heavy atom. The number of methoxy groups -OCH3 is 1. The van der Waals surface area contributed by atoms with Crippen molar-refractivity contribution in [2.24, 2.45) is 0 Å². The SMILES string of the molecule is COc1ccc(S(=O)(=O)NC(C)C)cc1NC(=O)CN(c1cc(C)ccc1C)S(=O)(=O)N(C)C. The molecule has 2 N–H and O–H groups in total. The van der Waals surface area contributed by atoms with Gasteiger partial charge in [0.15, 0.2) is 0 Å². The molecule has 0 saturated carbocycles. The molecule has 34 heavy (non-hydrogen) atoms. The van der Waals surface area contributed by atoms with E-state index in [1.165, 1.54) is 39.4 Å². The zero-order valence-electron chi connectivity index (χ0n) is 20.4. The van der Waals surface area contributed by atoms with Crippen molar-refractivity contribution >= 4 is 37.5 Å². The van der Waals surface area contributed by atoms with Crippen LogP contribution in [0.2, 0.25) is 0 Å². The molecule has 0 aliphatic heterocycles. The van der Waals surface area contributed by atoms with Crippen molar-refractivity contribution in [3.05, 3.63) is 47.5 Å². The van der Waals surface area contributed by atoms with Gasteiger partial charge >= 0.3 is 10.2 Å². The summed E-state index contributed by atoms with van der Waals surface area (Å²) >= 11 is 0. The summed E-state index contributed by atoms with van der Waals surface area (Å²) in [5.41, 5.74) is 1.97. The summed E-state index contributed by atoms with van der Waals surface area (Å²) in [6.45, 7) is 6.43. The van der Waals surface area contributed by atoms with E-state index in [9.17, 15) is 21.6 Å². The van der Waals surface area contributed by atoms with Crippen molar-refractivity contribution in [3.63, 3.8) is 0 Å². The Morgan fingerprint density at radius 3 is 2.24 bits per heavy atom. The van der Waals surface area contributed by atoms with Gasteiger partial charge in [0.1, 0.15) is 12.3 Å². The van der Waals surface area contributed by atoms with E-state index in [4.69, 9.17) is 4.74 Å². The van der Waals surface area contributed by atoms with Gasteiger partial charge in [-0.3, -0.25) is 4.79 Å². The Kier molecular flexibility index (Phi) is 8.70. The van der Waals surface area contributed by atoms with Crippen LogP contribution in [-0.4, -0.2) is 60.8 Å². The molecule has 0 radical (unpaired) electrons. The fourth-order valence-corrected chi connectivity index (χ4v) is 5.52. The topological polar surface area (TPSA) is 125 Å². The fraction of sp³-hybridized carbons (Fsp3) is 0.409. The zero-order valence-corrected chi connectivity index (χ0v) is 22.0. The molecule has 1 amide bonds. The van der Waals surface area contributed by atoms with Crippen LogP contribution in [0.15, 0.2) is 41.3 Å². The van der Waals surface area contributed by atoms with Crippen LogP contribution in [0.1, 0.15) is 25.0 Å². The Labute approximate surface area is 202 Å². The number of aryl methyl sites for hydroxylation is 2. The van der Waals surface area contributed by atoms with Crippen LogP contribution in [0.25, 0.3) is 0 Å². The standard InChI is InChI=1S/C22H32N4O6S2/c1-15(2)24-33(28,29)18-10-11-21(32-7)19(13-18)23-22(27)14-26(34(30,31)25(5)6)20-12-16(3)8-9-17(20)4/h8-13,15,24H,14H2,1-7H3,(H,23,27). The summed E-state index contributed by atoms with van der Waals surface area (Å²) in [5, 5.41) is 2.59. The van der Waals surface area contributed by atoms with Gasteiger partial charge in [0.05, 0.1) is 23.4 Å². The molecule has 0 bridgehead atoms. The summed E-state index contributed by atoms with van der Waals surface area (Å²) in [6, 6.07) is 9.04. The molecule has 0 saturated heterocycles. The largest absolute Gasteiger partial charge is 0.495 e. The Bertz CT molecular complexity index is 1260. The lowest BCUT2D eigenvalue weighted by Crippen LogP contribution is -2.44. The van der Waals surface area contributed by atoms with Crippen molar-refractivity contribution in [2.75, 3.05) is 37.4 Å². The van der Waals surface area contributed by atoms with Crippen LogP contribution < -0.4 is 19.1 Å². The highest BCUT2D eigenvalue weighted by atomic mass is 32.2. The predicted molar refractivity (Wildman–Crippen MR) is 133 cm³/mol. The lowest BCUT2D eigenvalue weighted by molar-refractivity contribution is -0.114. The van der Waals surface area contributed by atoms with E-state index in [1.807, 2.05) is 13.0 Å². The third kappa shape index (κ3) is 6.47. The first-order chi connectivity index (χ1) is 15.7. The van der Waals surface area contributed by atoms with Crippen LogP contribution in [0, 0.1) is 13.8 Å².